The molecule has 0 N–H and O–H groups in total. The summed E-state index contributed by atoms with van der Waals surface area (Å²) in [5.41, 5.74) is 1.18. The quantitative estimate of drug-likeness (QED) is 0.703. The molecule has 0 amide bonds. The SMILES string of the molecule is COc1nccc(C2CC2)c1Cl. The van der Waals surface area contributed by atoms with E-state index in [0.29, 0.717) is 16.8 Å². The molecular weight excluding hydrogens is 174 g/mol. The van der Waals surface area contributed by atoms with Crippen molar-refractivity contribution in [2.24, 2.45) is 0 Å². The summed E-state index contributed by atoms with van der Waals surface area (Å²) in [7, 11) is 1.59. The van der Waals surface area contributed by atoms with Crippen LogP contribution in [0.25, 0.3) is 0 Å². The summed E-state index contributed by atoms with van der Waals surface area (Å²) in [6, 6.07) is 1.97. The molecule has 1 aromatic rings. The average Bonchev–Trinajstić information content (AvgIpc) is 2.88. The predicted molar refractivity (Wildman–Crippen MR) is 47.8 cm³/mol. The minimum absolute atomic E-state index is 0.543. The third-order valence-corrected chi connectivity index (χ3v) is 2.48. The van der Waals surface area contributed by atoms with E-state index in [1.54, 1.807) is 13.3 Å². The molecule has 1 fully saturated rings. The van der Waals surface area contributed by atoms with Crippen LogP contribution in [-0.4, -0.2) is 12.1 Å². The van der Waals surface area contributed by atoms with Gasteiger partial charge in [0.2, 0.25) is 5.88 Å². The number of hydrogen-bond acceptors (Lipinski definition) is 2. The predicted octanol–water partition coefficient (Wildman–Crippen LogP) is 2.62. The fourth-order valence-electron chi connectivity index (χ4n) is 1.29. The summed E-state index contributed by atoms with van der Waals surface area (Å²) in [6.45, 7) is 0. The number of hydrogen-bond donors (Lipinski definition) is 0. The number of ether oxygens (including phenoxy) is 1. The van der Waals surface area contributed by atoms with Crippen LogP contribution in [0.2, 0.25) is 5.02 Å². The van der Waals surface area contributed by atoms with Crippen LogP contribution in [-0.2, 0) is 0 Å². The maximum absolute atomic E-state index is 6.06. The van der Waals surface area contributed by atoms with Crippen molar-refractivity contribution in [3.8, 4) is 5.88 Å². The Kier molecular flexibility index (Phi) is 1.93. The zero-order valence-corrected chi connectivity index (χ0v) is 7.64. The number of pyridine rings is 1. The third-order valence-electron chi connectivity index (χ3n) is 2.10. The van der Waals surface area contributed by atoms with Crippen molar-refractivity contribution in [2.75, 3.05) is 7.11 Å². The second-order valence-electron chi connectivity index (χ2n) is 3.00. The van der Waals surface area contributed by atoms with E-state index < -0.39 is 0 Å². The molecule has 1 aliphatic carbocycles. The molecule has 0 spiro atoms. The summed E-state index contributed by atoms with van der Waals surface area (Å²) >= 11 is 6.06. The molecule has 0 radical (unpaired) electrons. The first kappa shape index (κ1) is 7.87. The topological polar surface area (TPSA) is 22.1 Å². The Morgan fingerprint density at radius 1 is 1.58 bits per heavy atom. The first-order chi connectivity index (χ1) is 5.83. The molecule has 12 heavy (non-hydrogen) atoms. The highest BCUT2D eigenvalue weighted by atomic mass is 35.5. The van der Waals surface area contributed by atoms with Crippen LogP contribution >= 0.6 is 11.6 Å². The second kappa shape index (κ2) is 2.94. The average molecular weight is 184 g/mol. The van der Waals surface area contributed by atoms with Crippen LogP contribution < -0.4 is 4.74 Å². The van der Waals surface area contributed by atoms with Crippen molar-refractivity contribution in [3.63, 3.8) is 0 Å². The Labute approximate surface area is 76.5 Å². The van der Waals surface area contributed by atoms with E-state index in [0.717, 1.165) is 0 Å². The zero-order chi connectivity index (χ0) is 8.55. The molecule has 3 heteroatoms. The molecule has 1 aromatic heterocycles. The second-order valence-corrected chi connectivity index (χ2v) is 3.38. The van der Waals surface area contributed by atoms with Crippen molar-refractivity contribution in [1.82, 2.24) is 4.98 Å². The lowest BCUT2D eigenvalue weighted by molar-refractivity contribution is 0.397. The van der Waals surface area contributed by atoms with Gasteiger partial charge in [0, 0.05) is 6.20 Å². The molecule has 2 rings (SSSR count). The van der Waals surface area contributed by atoms with Gasteiger partial charge >= 0.3 is 0 Å². The Balaban J connectivity index is 2.40. The molecule has 0 saturated heterocycles. The first-order valence-corrected chi connectivity index (χ1v) is 4.39. The normalized spacial score (nSPS) is 16.2. The van der Waals surface area contributed by atoms with Crippen LogP contribution in [0.4, 0.5) is 0 Å². The van der Waals surface area contributed by atoms with E-state index in [4.69, 9.17) is 16.3 Å². The summed E-state index contributed by atoms with van der Waals surface area (Å²) in [5.74, 6) is 1.19. The summed E-state index contributed by atoms with van der Waals surface area (Å²) in [5, 5.41) is 0.683. The van der Waals surface area contributed by atoms with Crippen LogP contribution in [0.3, 0.4) is 0 Å². The van der Waals surface area contributed by atoms with Crippen molar-refractivity contribution in [3.05, 3.63) is 22.8 Å². The molecule has 0 aromatic carbocycles. The van der Waals surface area contributed by atoms with Gasteiger partial charge in [-0.2, -0.15) is 0 Å². The van der Waals surface area contributed by atoms with Gasteiger partial charge < -0.3 is 4.74 Å². The smallest absolute Gasteiger partial charge is 0.232 e. The molecule has 0 atom stereocenters. The highest BCUT2D eigenvalue weighted by Crippen LogP contribution is 2.44. The third kappa shape index (κ3) is 1.27. The largest absolute Gasteiger partial charge is 0.480 e. The van der Waals surface area contributed by atoms with Gasteiger partial charge in [-0.1, -0.05) is 11.6 Å². The van der Waals surface area contributed by atoms with Gasteiger partial charge in [-0.05, 0) is 30.4 Å². The standard InChI is InChI=1S/C9H10ClNO/c1-12-9-8(10)7(4-5-11-9)6-2-3-6/h4-6H,2-3H2,1H3. The lowest BCUT2D eigenvalue weighted by Crippen LogP contribution is -1.91. The van der Waals surface area contributed by atoms with Crippen LogP contribution in [0, 0.1) is 0 Å². The van der Waals surface area contributed by atoms with Gasteiger partial charge in [-0.3, -0.25) is 0 Å². The summed E-state index contributed by atoms with van der Waals surface area (Å²) in [4.78, 5) is 4.01. The maximum atomic E-state index is 6.06. The highest BCUT2D eigenvalue weighted by molar-refractivity contribution is 6.32. The minimum atomic E-state index is 0.543. The molecule has 0 bridgehead atoms. The fourth-order valence-corrected chi connectivity index (χ4v) is 1.63. The van der Waals surface area contributed by atoms with Crippen LogP contribution in [0.1, 0.15) is 24.3 Å². The highest BCUT2D eigenvalue weighted by Gasteiger charge is 2.27. The van der Waals surface area contributed by atoms with Crippen molar-refractivity contribution >= 4 is 11.6 Å². The first-order valence-electron chi connectivity index (χ1n) is 4.01. The Morgan fingerprint density at radius 2 is 2.33 bits per heavy atom. The van der Waals surface area contributed by atoms with Gasteiger partial charge in [-0.15, -0.1) is 0 Å². The molecule has 0 aliphatic heterocycles. The van der Waals surface area contributed by atoms with E-state index >= 15 is 0 Å². The maximum Gasteiger partial charge on any atom is 0.232 e. The van der Waals surface area contributed by atoms with E-state index in [1.165, 1.54) is 18.4 Å². The molecule has 1 saturated carbocycles. The molecule has 1 heterocycles. The number of methoxy groups -OCH3 is 1. The van der Waals surface area contributed by atoms with E-state index in [1.807, 2.05) is 6.07 Å². The Bertz CT molecular complexity index is 297. The number of aromatic nitrogens is 1. The van der Waals surface area contributed by atoms with Crippen LogP contribution in [0.5, 0.6) is 5.88 Å². The van der Waals surface area contributed by atoms with Crippen molar-refractivity contribution in [2.45, 2.75) is 18.8 Å². The number of halogens is 1. The molecule has 64 valence electrons. The fraction of sp³-hybridized carbons (Fsp3) is 0.444. The van der Waals surface area contributed by atoms with Crippen molar-refractivity contribution < 1.29 is 4.74 Å². The monoisotopic (exact) mass is 183 g/mol. The minimum Gasteiger partial charge on any atom is -0.480 e. The van der Waals surface area contributed by atoms with Gasteiger partial charge in [0.25, 0.3) is 0 Å². The summed E-state index contributed by atoms with van der Waals surface area (Å²) < 4.78 is 5.02. The molecule has 0 unspecified atom stereocenters. The Morgan fingerprint density at radius 3 is 2.92 bits per heavy atom. The number of nitrogens with zero attached hydrogens (tertiary/aromatic N) is 1. The van der Waals surface area contributed by atoms with Crippen molar-refractivity contribution in [1.29, 1.82) is 0 Å². The molecule has 1 aliphatic rings. The van der Waals surface area contributed by atoms with E-state index in [2.05, 4.69) is 4.98 Å². The lowest BCUT2D eigenvalue weighted by atomic mass is 10.2. The Hall–Kier alpha value is -0.760. The number of rotatable bonds is 2. The van der Waals surface area contributed by atoms with Gasteiger partial charge in [-0.25, -0.2) is 4.98 Å². The van der Waals surface area contributed by atoms with Gasteiger partial charge in [0.1, 0.15) is 5.02 Å². The van der Waals surface area contributed by atoms with Crippen LogP contribution in [0.15, 0.2) is 12.3 Å². The summed E-state index contributed by atoms with van der Waals surface area (Å²) in [6.07, 6.45) is 4.23. The molecule has 2 nitrogen and oxygen atoms in total. The molecular formula is C9H10ClNO. The zero-order valence-electron chi connectivity index (χ0n) is 6.88. The van der Waals surface area contributed by atoms with E-state index in [9.17, 15) is 0 Å². The lowest BCUT2D eigenvalue weighted by Gasteiger charge is -2.05. The van der Waals surface area contributed by atoms with E-state index in [-0.39, 0.29) is 0 Å². The van der Waals surface area contributed by atoms with Gasteiger partial charge in [0.05, 0.1) is 7.11 Å². The van der Waals surface area contributed by atoms with Gasteiger partial charge in [0.15, 0.2) is 0 Å².